The van der Waals surface area contributed by atoms with Crippen LogP contribution in [0.5, 0.6) is 0 Å². The van der Waals surface area contributed by atoms with Crippen molar-refractivity contribution in [3.8, 4) is 0 Å². The Balaban J connectivity index is 1.33. The van der Waals surface area contributed by atoms with Crippen molar-refractivity contribution < 1.29 is 9.90 Å². The van der Waals surface area contributed by atoms with Gasteiger partial charge in [-0.1, -0.05) is 12.1 Å². The number of hydrogen-bond donors (Lipinski definition) is 1. The minimum absolute atomic E-state index is 0.152. The molecule has 1 saturated heterocycles. The molecule has 1 aliphatic carbocycles. The smallest absolute Gasteiger partial charge is 0.228 e. The van der Waals surface area contributed by atoms with Gasteiger partial charge < -0.3 is 10.0 Å². The van der Waals surface area contributed by atoms with Crippen LogP contribution in [0.2, 0.25) is 0 Å². The minimum Gasteiger partial charge on any atom is -0.392 e. The molecule has 0 radical (unpaired) electrons. The van der Waals surface area contributed by atoms with Crippen molar-refractivity contribution in [3.63, 3.8) is 0 Å². The van der Waals surface area contributed by atoms with Crippen LogP contribution < -0.4 is 0 Å². The molecule has 0 spiro atoms. The molecule has 2 fully saturated rings. The number of thiazole rings is 1. The van der Waals surface area contributed by atoms with Gasteiger partial charge in [-0.2, -0.15) is 0 Å². The third-order valence-electron chi connectivity index (χ3n) is 5.18. The molecule has 1 N–H and O–H groups in total. The molecule has 2 atom stereocenters. The van der Waals surface area contributed by atoms with Crippen molar-refractivity contribution in [1.82, 2.24) is 14.8 Å². The normalized spacial score (nSPS) is 25.5. The molecule has 1 aliphatic heterocycles. The first-order valence-corrected chi connectivity index (χ1v) is 9.56. The van der Waals surface area contributed by atoms with Crippen LogP contribution in [0.25, 0.3) is 10.2 Å². The van der Waals surface area contributed by atoms with Crippen LogP contribution >= 0.6 is 11.3 Å². The topological polar surface area (TPSA) is 56.7 Å². The van der Waals surface area contributed by atoms with Crippen molar-refractivity contribution in [2.24, 2.45) is 5.92 Å². The average Bonchev–Trinajstić information content (AvgIpc) is 3.20. The third kappa shape index (κ3) is 3.18. The number of piperazine rings is 1. The van der Waals surface area contributed by atoms with Gasteiger partial charge in [-0.25, -0.2) is 4.98 Å². The molecule has 2 aromatic rings. The lowest BCUT2D eigenvalue weighted by Gasteiger charge is -2.36. The lowest BCUT2D eigenvalue weighted by Crippen LogP contribution is -2.50. The van der Waals surface area contributed by atoms with Gasteiger partial charge in [0, 0.05) is 26.2 Å². The van der Waals surface area contributed by atoms with E-state index >= 15 is 0 Å². The first-order chi connectivity index (χ1) is 11.7. The molecule has 2 aliphatic rings. The second-order valence-corrected chi connectivity index (χ2v) is 7.90. The Morgan fingerprint density at radius 1 is 1.21 bits per heavy atom. The number of rotatable bonds is 3. The molecule has 6 heteroatoms. The Bertz CT molecular complexity index is 691. The van der Waals surface area contributed by atoms with Gasteiger partial charge in [0.05, 0.1) is 28.8 Å². The number of carbonyl (C=O) groups excluding carboxylic acids is 1. The molecule has 0 bridgehead atoms. The van der Waals surface area contributed by atoms with E-state index in [-0.39, 0.29) is 11.8 Å². The summed E-state index contributed by atoms with van der Waals surface area (Å²) in [5, 5.41) is 11.1. The fraction of sp³-hybridized carbons (Fsp3) is 0.556. The number of para-hydroxylation sites is 1. The van der Waals surface area contributed by atoms with Crippen LogP contribution in [0.4, 0.5) is 0 Å². The van der Waals surface area contributed by atoms with Crippen LogP contribution in [-0.2, 0) is 11.3 Å². The summed E-state index contributed by atoms with van der Waals surface area (Å²) < 4.78 is 1.23. The van der Waals surface area contributed by atoms with Crippen molar-refractivity contribution in [3.05, 3.63) is 29.3 Å². The second-order valence-electron chi connectivity index (χ2n) is 6.78. The molecular weight excluding hydrogens is 322 g/mol. The van der Waals surface area contributed by atoms with Crippen molar-refractivity contribution in [1.29, 1.82) is 0 Å². The highest BCUT2D eigenvalue weighted by molar-refractivity contribution is 7.18. The van der Waals surface area contributed by atoms with Crippen LogP contribution in [0, 0.1) is 5.92 Å². The maximum Gasteiger partial charge on any atom is 0.228 e. The molecule has 5 nitrogen and oxygen atoms in total. The Morgan fingerprint density at radius 3 is 2.71 bits per heavy atom. The van der Waals surface area contributed by atoms with Crippen LogP contribution in [0.1, 0.15) is 24.3 Å². The number of nitrogens with zero attached hydrogens (tertiary/aromatic N) is 3. The van der Waals surface area contributed by atoms with Crippen molar-refractivity contribution in [2.75, 3.05) is 26.2 Å². The maximum absolute atomic E-state index is 12.5. The SMILES string of the molecule is O=C(C1CCCC1O)N1CCN(Cc2nc3ccccc3s2)CC1. The van der Waals surface area contributed by atoms with Gasteiger partial charge in [-0.15, -0.1) is 11.3 Å². The van der Waals surface area contributed by atoms with Crippen LogP contribution in [0.3, 0.4) is 0 Å². The minimum atomic E-state index is -0.432. The zero-order valence-electron chi connectivity index (χ0n) is 13.7. The Labute approximate surface area is 145 Å². The van der Waals surface area contributed by atoms with E-state index in [0.717, 1.165) is 62.5 Å². The molecule has 2 heterocycles. The number of hydrogen-bond acceptors (Lipinski definition) is 5. The zero-order chi connectivity index (χ0) is 16.5. The quantitative estimate of drug-likeness (QED) is 0.926. The standard InChI is InChI=1S/C18H23N3O2S/c22-15-6-3-4-13(15)18(23)21-10-8-20(9-11-21)12-17-19-14-5-1-2-7-16(14)24-17/h1-2,5,7,13,15,22H,3-4,6,8-12H2. The summed E-state index contributed by atoms with van der Waals surface area (Å²) in [6.07, 6.45) is 2.15. The predicted octanol–water partition coefficient (Wildman–Crippen LogP) is 2.10. The average molecular weight is 345 g/mol. The van der Waals surface area contributed by atoms with Crippen LogP contribution in [-0.4, -0.2) is 58.1 Å². The molecule has 128 valence electrons. The Hall–Kier alpha value is -1.50. The van der Waals surface area contributed by atoms with E-state index in [9.17, 15) is 9.90 Å². The summed E-state index contributed by atoms with van der Waals surface area (Å²) in [5.41, 5.74) is 1.07. The Morgan fingerprint density at radius 2 is 2.00 bits per heavy atom. The zero-order valence-corrected chi connectivity index (χ0v) is 14.5. The summed E-state index contributed by atoms with van der Waals surface area (Å²) in [6.45, 7) is 4.13. The number of fused-ring (bicyclic) bond motifs is 1. The highest BCUT2D eigenvalue weighted by Crippen LogP contribution is 2.28. The molecule has 24 heavy (non-hydrogen) atoms. The molecule has 1 aromatic heterocycles. The van der Waals surface area contributed by atoms with E-state index in [2.05, 4.69) is 17.0 Å². The molecule has 1 amide bonds. The summed E-state index contributed by atoms with van der Waals surface area (Å²) in [5.74, 6) is -0.0135. The van der Waals surface area contributed by atoms with Gasteiger partial charge in [-0.3, -0.25) is 9.69 Å². The van der Waals surface area contributed by atoms with Crippen LogP contribution in [0.15, 0.2) is 24.3 Å². The van der Waals surface area contributed by atoms with Gasteiger partial charge in [0.15, 0.2) is 0 Å². The fourth-order valence-corrected chi connectivity index (χ4v) is 4.78. The summed E-state index contributed by atoms with van der Waals surface area (Å²) in [7, 11) is 0. The lowest BCUT2D eigenvalue weighted by atomic mass is 10.0. The number of carbonyl (C=O) groups is 1. The predicted molar refractivity (Wildman–Crippen MR) is 94.8 cm³/mol. The number of aliphatic hydroxyl groups is 1. The number of benzene rings is 1. The second kappa shape index (κ2) is 6.78. The largest absolute Gasteiger partial charge is 0.392 e. The molecule has 2 unspecified atom stereocenters. The maximum atomic E-state index is 12.5. The first-order valence-electron chi connectivity index (χ1n) is 8.74. The number of aliphatic hydroxyl groups excluding tert-OH is 1. The van der Waals surface area contributed by atoms with E-state index in [1.807, 2.05) is 17.0 Å². The van der Waals surface area contributed by atoms with E-state index in [4.69, 9.17) is 4.98 Å². The van der Waals surface area contributed by atoms with E-state index < -0.39 is 6.10 Å². The van der Waals surface area contributed by atoms with Gasteiger partial charge >= 0.3 is 0 Å². The van der Waals surface area contributed by atoms with Gasteiger partial charge in [0.25, 0.3) is 0 Å². The van der Waals surface area contributed by atoms with Gasteiger partial charge in [0.2, 0.25) is 5.91 Å². The monoisotopic (exact) mass is 345 g/mol. The molecule has 4 rings (SSSR count). The summed E-state index contributed by atoms with van der Waals surface area (Å²) >= 11 is 1.75. The highest BCUT2D eigenvalue weighted by Gasteiger charge is 2.35. The molecule has 1 saturated carbocycles. The van der Waals surface area contributed by atoms with E-state index in [1.54, 1.807) is 11.3 Å². The Kier molecular flexibility index (Phi) is 4.52. The number of amides is 1. The summed E-state index contributed by atoms with van der Waals surface area (Å²) in [6, 6.07) is 8.23. The fourth-order valence-electron chi connectivity index (χ4n) is 3.77. The highest BCUT2D eigenvalue weighted by atomic mass is 32.1. The lowest BCUT2D eigenvalue weighted by molar-refractivity contribution is -0.140. The summed E-state index contributed by atoms with van der Waals surface area (Å²) in [4.78, 5) is 21.5. The first kappa shape index (κ1) is 16.0. The van der Waals surface area contributed by atoms with Gasteiger partial charge in [0.1, 0.15) is 5.01 Å². The van der Waals surface area contributed by atoms with Gasteiger partial charge in [-0.05, 0) is 31.4 Å². The van der Waals surface area contributed by atoms with Crippen molar-refractivity contribution in [2.45, 2.75) is 31.9 Å². The molecule has 1 aromatic carbocycles. The van der Waals surface area contributed by atoms with E-state index in [0.29, 0.717) is 0 Å². The number of aromatic nitrogens is 1. The molecular formula is C18H23N3O2S. The van der Waals surface area contributed by atoms with Crippen molar-refractivity contribution >= 4 is 27.5 Å². The third-order valence-corrected chi connectivity index (χ3v) is 6.20. The van der Waals surface area contributed by atoms with E-state index in [1.165, 1.54) is 4.70 Å².